The number of aryl methyl sites for hydroxylation is 1. The minimum Gasteiger partial charge on any atom is -0.488 e. The van der Waals surface area contributed by atoms with Crippen molar-refractivity contribution in [1.82, 2.24) is 9.97 Å². The van der Waals surface area contributed by atoms with Gasteiger partial charge in [-0.3, -0.25) is 9.97 Å². The topological polar surface area (TPSA) is 61.0 Å². The molecule has 2 heterocycles. The molecule has 4 nitrogen and oxygen atoms in total. The normalized spacial score (nSPS) is 17.3. The molecule has 1 aliphatic rings. The molecule has 4 heteroatoms. The lowest BCUT2D eigenvalue weighted by atomic mass is 10.0. The minimum atomic E-state index is 0.0808. The lowest BCUT2D eigenvalue weighted by molar-refractivity contribution is 0.242. The molecular formula is C14H15N3O. The van der Waals surface area contributed by atoms with Gasteiger partial charge in [0.2, 0.25) is 0 Å². The molecule has 0 unspecified atom stereocenters. The lowest BCUT2D eigenvalue weighted by Crippen LogP contribution is -2.24. The molecule has 0 radical (unpaired) electrons. The van der Waals surface area contributed by atoms with Gasteiger partial charge < -0.3 is 10.5 Å². The first kappa shape index (κ1) is 11.2. The Bertz CT molecular complexity index is 569. The zero-order valence-corrected chi connectivity index (χ0v) is 10.3. The van der Waals surface area contributed by atoms with E-state index >= 15 is 0 Å². The maximum Gasteiger partial charge on any atom is 0.132 e. The molecule has 0 aliphatic carbocycles. The first-order valence-electron chi connectivity index (χ1n) is 6.04. The van der Waals surface area contributed by atoms with E-state index in [4.69, 9.17) is 10.5 Å². The molecule has 0 bridgehead atoms. The molecule has 0 fully saturated rings. The molecule has 3 rings (SSSR count). The fourth-order valence-electron chi connectivity index (χ4n) is 2.35. The van der Waals surface area contributed by atoms with Crippen LogP contribution in [0.4, 0.5) is 0 Å². The van der Waals surface area contributed by atoms with Gasteiger partial charge in [0.15, 0.2) is 0 Å². The summed E-state index contributed by atoms with van der Waals surface area (Å²) >= 11 is 0. The van der Waals surface area contributed by atoms with Crippen molar-refractivity contribution in [2.75, 3.05) is 6.54 Å². The second kappa shape index (κ2) is 4.38. The number of nitrogens with two attached hydrogens (primary N) is 1. The van der Waals surface area contributed by atoms with Crippen molar-refractivity contribution < 1.29 is 4.74 Å². The van der Waals surface area contributed by atoms with E-state index in [0.29, 0.717) is 6.54 Å². The van der Waals surface area contributed by atoms with Gasteiger partial charge in [0, 0.05) is 30.9 Å². The van der Waals surface area contributed by atoms with Gasteiger partial charge in [-0.25, -0.2) is 0 Å². The summed E-state index contributed by atoms with van der Waals surface area (Å²) in [5.74, 6) is 0.913. The number of hydrogen-bond donors (Lipinski definition) is 1. The first-order valence-corrected chi connectivity index (χ1v) is 6.04. The van der Waals surface area contributed by atoms with Crippen molar-refractivity contribution in [2.24, 2.45) is 5.73 Å². The number of aromatic nitrogens is 2. The van der Waals surface area contributed by atoms with Gasteiger partial charge >= 0.3 is 0 Å². The molecule has 1 aliphatic heterocycles. The lowest BCUT2D eigenvalue weighted by Gasteiger charge is -2.10. The summed E-state index contributed by atoms with van der Waals surface area (Å²) in [4.78, 5) is 8.46. The average Bonchev–Trinajstić information content (AvgIpc) is 2.81. The minimum absolute atomic E-state index is 0.0808. The maximum absolute atomic E-state index is 5.90. The van der Waals surface area contributed by atoms with Crippen molar-refractivity contribution in [1.29, 1.82) is 0 Å². The highest BCUT2D eigenvalue weighted by Gasteiger charge is 2.25. The van der Waals surface area contributed by atoms with Gasteiger partial charge in [0.1, 0.15) is 11.9 Å². The number of benzene rings is 1. The van der Waals surface area contributed by atoms with Crippen LogP contribution in [0.1, 0.15) is 11.1 Å². The second-order valence-corrected chi connectivity index (χ2v) is 4.57. The van der Waals surface area contributed by atoms with Crippen LogP contribution in [0.3, 0.4) is 0 Å². The van der Waals surface area contributed by atoms with E-state index in [0.717, 1.165) is 23.4 Å². The molecule has 18 heavy (non-hydrogen) atoms. The Kier molecular flexibility index (Phi) is 2.72. The van der Waals surface area contributed by atoms with Crippen LogP contribution in [-0.2, 0) is 6.42 Å². The molecule has 2 aromatic rings. The van der Waals surface area contributed by atoms with Gasteiger partial charge in [-0.15, -0.1) is 0 Å². The molecule has 0 saturated carbocycles. The molecule has 1 atom stereocenters. The number of rotatable bonds is 2. The Labute approximate surface area is 106 Å². The summed E-state index contributed by atoms with van der Waals surface area (Å²) in [5, 5.41) is 0. The largest absolute Gasteiger partial charge is 0.488 e. The van der Waals surface area contributed by atoms with E-state index in [2.05, 4.69) is 29.0 Å². The zero-order valence-electron chi connectivity index (χ0n) is 10.3. The molecular weight excluding hydrogens is 226 g/mol. The SMILES string of the molecule is Cc1cc2c(c(-c3cnccn3)c1)O[C@@H](CN)C2. The van der Waals surface area contributed by atoms with Gasteiger partial charge in [-0.2, -0.15) is 0 Å². The van der Waals surface area contributed by atoms with Gasteiger partial charge in [-0.1, -0.05) is 6.07 Å². The van der Waals surface area contributed by atoms with Crippen LogP contribution in [0.5, 0.6) is 5.75 Å². The molecule has 1 aromatic heterocycles. The molecule has 92 valence electrons. The van der Waals surface area contributed by atoms with E-state index in [1.807, 2.05) is 0 Å². The van der Waals surface area contributed by atoms with Crippen molar-refractivity contribution in [3.8, 4) is 17.0 Å². The Morgan fingerprint density at radius 1 is 1.39 bits per heavy atom. The smallest absolute Gasteiger partial charge is 0.132 e. The summed E-state index contributed by atoms with van der Waals surface area (Å²) in [6.45, 7) is 2.61. The van der Waals surface area contributed by atoms with Gasteiger partial charge in [-0.05, 0) is 24.1 Å². The van der Waals surface area contributed by atoms with E-state index in [-0.39, 0.29) is 6.10 Å². The Morgan fingerprint density at radius 2 is 2.28 bits per heavy atom. The Morgan fingerprint density at radius 3 is 3.00 bits per heavy atom. The maximum atomic E-state index is 5.90. The average molecular weight is 241 g/mol. The van der Waals surface area contributed by atoms with Crippen LogP contribution in [0.15, 0.2) is 30.7 Å². The van der Waals surface area contributed by atoms with Crippen LogP contribution in [0, 0.1) is 6.92 Å². The van der Waals surface area contributed by atoms with E-state index < -0.39 is 0 Å². The van der Waals surface area contributed by atoms with Gasteiger partial charge in [0.25, 0.3) is 0 Å². The molecule has 1 aromatic carbocycles. The van der Waals surface area contributed by atoms with Crippen molar-refractivity contribution in [3.63, 3.8) is 0 Å². The van der Waals surface area contributed by atoms with Gasteiger partial charge in [0.05, 0.1) is 11.9 Å². The third-order valence-electron chi connectivity index (χ3n) is 3.14. The summed E-state index contributed by atoms with van der Waals surface area (Å²) in [6, 6.07) is 4.24. The Hall–Kier alpha value is -1.94. The fourth-order valence-corrected chi connectivity index (χ4v) is 2.35. The predicted molar refractivity (Wildman–Crippen MR) is 69.4 cm³/mol. The van der Waals surface area contributed by atoms with Crippen LogP contribution in [0.25, 0.3) is 11.3 Å². The monoisotopic (exact) mass is 241 g/mol. The van der Waals surface area contributed by atoms with Crippen LogP contribution >= 0.6 is 0 Å². The standard InChI is InChI=1S/C14H15N3O/c1-9-4-10-6-11(7-15)18-14(10)12(5-9)13-8-16-2-3-17-13/h2-5,8,11H,6-7,15H2,1H3/t11-/m1/s1. The summed E-state index contributed by atoms with van der Waals surface area (Å²) in [7, 11) is 0. The summed E-state index contributed by atoms with van der Waals surface area (Å²) < 4.78 is 5.90. The molecule has 0 amide bonds. The predicted octanol–water partition coefficient (Wildman–Crippen LogP) is 1.71. The summed E-state index contributed by atoms with van der Waals surface area (Å²) in [5.41, 5.74) is 9.96. The van der Waals surface area contributed by atoms with Crippen molar-refractivity contribution in [3.05, 3.63) is 41.9 Å². The fraction of sp³-hybridized carbons (Fsp3) is 0.286. The van der Waals surface area contributed by atoms with Crippen LogP contribution in [-0.4, -0.2) is 22.6 Å². The highest BCUT2D eigenvalue weighted by atomic mass is 16.5. The highest BCUT2D eigenvalue weighted by molar-refractivity contribution is 5.70. The van der Waals surface area contributed by atoms with E-state index in [1.165, 1.54) is 11.1 Å². The zero-order chi connectivity index (χ0) is 12.5. The second-order valence-electron chi connectivity index (χ2n) is 4.57. The number of ether oxygens (including phenoxy) is 1. The highest BCUT2D eigenvalue weighted by Crippen LogP contribution is 2.38. The van der Waals surface area contributed by atoms with Crippen LogP contribution < -0.4 is 10.5 Å². The van der Waals surface area contributed by atoms with E-state index in [9.17, 15) is 0 Å². The quantitative estimate of drug-likeness (QED) is 0.869. The number of fused-ring (bicyclic) bond motifs is 1. The van der Waals surface area contributed by atoms with Crippen molar-refractivity contribution in [2.45, 2.75) is 19.4 Å². The molecule has 2 N–H and O–H groups in total. The van der Waals surface area contributed by atoms with Crippen LogP contribution in [0.2, 0.25) is 0 Å². The van der Waals surface area contributed by atoms with E-state index in [1.54, 1.807) is 18.6 Å². The molecule has 0 spiro atoms. The summed E-state index contributed by atoms with van der Waals surface area (Å²) in [6.07, 6.45) is 6.08. The third-order valence-corrected chi connectivity index (χ3v) is 3.14. The third kappa shape index (κ3) is 1.84. The Balaban J connectivity index is 2.12. The first-order chi connectivity index (χ1) is 8.78. The van der Waals surface area contributed by atoms with Crippen molar-refractivity contribution >= 4 is 0 Å². The molecule has 0 saturated heterocycles. The number of hydrogen-bond acceptors (Lipinski definition) is 4. The number of nitrogens with zero attached hydrogens (tertiary/aromatic N) is 2.